The Kier molecular flexibility index (Phi) is 5.54. The molecule has 1 fully saturated rings. The molecule has 0 unspecified atom stereocenters. The van der Waals surface area contributed by atoms with Crippen LogP contribution in [0.3, 0.4) is 0 Å². The van der Waals surface area contributed by atoms with Gasteiger partial charge in [0, 0.05) is 41.9 Å². The first kappa shape index (κ1) is 18.8. The topological polar surface area (TPSA) is 93.1 Å². The van der Waals surface area contributed by atoms with Crippen LogP contribution in [0.2, 0.25) is 5.28 Å². The molecule has 28 heavy (non-hydrogen) atoms. The second-order valence-corrected chi connectivity index (χ2v) is 8.31. The van der Waals surface area contributed by atoms with Crippen LogP contribution in [0.15, 0.2) is 30.6 Å². The van der Waals surface area contributed by atoms with Crippen molar-refractivity contribution >= 4 is 45.1 Å². The predicted octanol–water partition coefficient (Wildman–Crippen LogP) is 2.26. The van der Waals surface area contributed by atoms with Crippen LogP contribution in [0, 0.1) is 0 Å². The summed E-state index contributed by atoms with van der Waals surface area (Å²) in [7, 11) is 0.863. The zero-order chi connectivity index (χ0) is 19.5. The Balaban J connectivity index is 1.63. The number of nitrogens with zero attached hydrogens (tertiary/aromatic N) is 5. The summed E-state index contributed by atoms with van der Waals surface area (Å²) >= 11 is 6.19. The minimum atomic E-state index is -0.777. The van der Waals surface area contributed by atoms with Gasteiger partial charge in [0.05, 0.1) is 7.11 Å². The Morgan fingerprint density at radius 1 is 1.14 bits per heavy atom. The average molecular weight is 419 g/mol. The molecule has 4 rings (SSSR count). The Hall–Kier alpha value is -2.52. The van der Waals surface area contributed by atoms with Crippen molar-refractivity contribution in [3.8, 4) is 5.75 Å². The molecular formula is C18H19ClN6O2S. The number of hydrogen-bond acceptors (Lipinski definition) is 8. The van der Waals surface area contributed by atoms with Crippen molar-refractivity contribution in [2.45, 2.75) is 6.54 Å². The Morgan fingerprint density at radius 2 is 1.89 bits per heavy atom. The van der Waals surface area contributed by atoms with Crippen molar-refractivity contribution < 1.29 is 8.95 Å². The second kappa shape index (κ2) is 8.24. The van der Waals surface area contributed by atoms with Gasteiger partial charge in [-0.05, 0) is 29.3 Å². The van der Waals surface area contributed by atoms with Crippen molar-refractivity contribution in [1.29, 1.82) is 0 Å². The number of anilines is 2. The summed E-state index contributed by atoms with van der Waals surface area (Å²) in [5, 5.41) is 3.43. The summed E-state index contributed by atoms with van der Waals surface area (Å²) < 4.78 is 16.9. The van der Waals surface area contributed by atoms with Gasteiger partial charge in [-0.1, -0.05) is 12.1 Å². The van der Waals surface area contributed by atoms with E-state index in [0.29, 0.717) is 53.8 Å². The van der Waals surface area contributed by atoms with Gasteiger partial charge < -0.3 is 15.0 Å². The van der Waals surface area contributed by atoms with Gasteiger partial charge in [0.15, 0.2) is 11.6 Å². The van der Waals surface area contributed by atoms with Gasteiger partial charge in [0.25, 0.3) is 0 Å². The van der Waals surface area contributed by atoms with E-state index in [1.807, 2.05) is 24.3 Å². The van der Waals surface area contributed by atoms with Gasteiger partial charge in [-0.25, -0.2) is 15.0 Å². The molecule has 1 aliphatic rings. The zero-order valence-electron chi connectivity index (χ0n) is 15.3. The van der Waals surface area contributed by atoms with E-state index in [1.54, 1.807) is 7.11 Å². The zero-order valence-corrected chi connectivity index (χ0v) is 16.8. The smallest absolute Gasteiger partial charge is 0.225 e. The van der Waals surface area contributed by atoms with E-state index in [4.69, 9.17) is 16.3 Å². The third-order valence-electron chi connectivity index (χ3n) is 4.53. The second-order valence-electron chi connectivity index (χ2n) is 6.27. The highest BCUT2D eigenvalue weighted by molar-refractivity contribution is 7.85. The summed E-state index contributed by atoms with van der Waals surface area (Å²) in [6.07, 6.45) is 1.49. The molecule has 0 saturated carbocycles. The highest BCUT2D eigenvalue weighted by Crippen LogP contribution is 2.28. The predicted molar refractivity (Wildman–Crippen MR) is 111 cm³/mol. The lowest BCUT2D eigenvalue weighted by Gasteiger charge is -2.27. The van der Waals surface area contributed by atoms with Crippen LogP contribution >= 0.6 is 11.6 Å². The lowest BCUT2D eigenvalue weighted by atomic mass is 10.2. The third-order valence-corrected chi connectivity index (χ3v) is 5.98. The first-order chi connectivity index (χ1) is 13.6. The average Bonchev–Trinajstić information content (AvgIpc) is 2.72. The molecule has 146 valence electrons. The Morgan fingerprint density at radius 3 is 2.61 bits per heavy atom. The molecule has 0 bridgehead atoms. The largest absolute Gasteiger partial charge is 0.497 e. The monoisotopic (exact) mass is 418 g/mol. The normalized spacial score (nSPS) is 15.0. The number of methoxy groups -OCH3 is 1. The molecule has 1 aromatic carbocycles. The number of halogens is 1. The molecule has 0 atom stereocenters. The van der Waals surface area contributed by atoms with E-state index >= 15 is 0 Å². The molecule has 1 aliphatic heterocycles. The van der Waals surface area contributed by atoms with Crippen LogP contribution in [0.4, 0.5) is 11.6 Å². The van der Waals surface area contributed by atoms with Crippen molar-refractivity contribution in [2.24, 2.45) is 0 Å². The molecule has 1 saturated heterocycles. The molecule has 2 aromatic heterocycles. The number of fused-ring (bicyclic) bond motifs is 1. The molecule has 10 heteroatoms. The van der Waals surface area contributed by atoms with Crippen LogP contribution < -0.4 is 15.0 Å². The number of nitrogens with one attached hydrogen (secondary N) is 1. The molecular weight excluding hydrogens is 400 g/mol. The van der Waals surface area contributed by atoms with Gasteiger partial charge in [-0.15, -0.1) is 0 Å². The van der Waals surface area contributed by atoms with Gasteiger partial charge in [0.1, 0.15) is 23.1 Å². The molecule has 8 nitrogen and oxygen atoms in total. The fourth-order valence-electron chi connectivity index (χ4n) is 3.03. The van der Waals surface area contributed by atoms with Gasteiger partial charge in [-0.3, -0.25) is 4.21 Å². The van der Waals surface area contributed by atoms with Crippen LogP contribution in [0.25, 0.3) is 11.0 Å². The van der Waals surface area contributed by atoms with Gasteiger partial charge in [0.2, 0.25) is 5.28 Å². The molecule has 0 spiro atoms. The maximum absolute atomic E-state index is 11.7. The highest BCUT2D eigenvalue weighted by atomic mass is 35.5. The van der Waals surface area contributed by atoms with Crippen molar-refractivity contribution in [3.63, 3.8) is 0 Å². The molecule has 0 aliphatic carbocycles. The maximum Gasteiger partial charge on any atom is 0.225 e. The number of ether oxygens (including phenoxy) is 1. The van der Waals surface area contributed by atoms with E-state index in [1.165, 1.54) is 6.33 Å². The lowest BCUT2D eigenvalue weighted by Crippen LogP contribution is -2.38. The Labute approximate surface area is 169 Å². The van der Waals surface area contributed by atoms with E-state index < -0.39 is 10.8 Å². The fourth-order valence-corrected chi connectivity index (χ4v) is 4.25. The third kappa shape index (κ3) is 4.00. The van der Waals surface area contributed by atoms with Crippen LogP contribution in [0.1, 0.15) is 5.56 Å². The van der Waals surface area contributed by atoms with Crippen molar-refractivity contribution in [3.05, 3.63) is 41.4 Å². The SMILES string of the molecule is COc1ccc(CNc2ncnc3c(N4CCS(=O)CC4)nc(Cl)nc23)cc1. The van der Waals surface area contributed by atoms with Crippen LogP contribution in [-0.4, -0.2) is 55.8 Å². The van der Waals surface area contributed by atoms with E-state index in [2.05, 4.69) is 30.2 Å². The minimum Gasteiger partial charge on any atom is -0.497 e. The first-order valence-corrected chi connectivity index (χ1v) is 10.7. The van der Waals surface area contributed by atoms with E-state index in [9.17, 15) is 4.21 Å². The standard InChI is InChI=1S/C18H19ClN6O2S/c1-27-13-4-2-12(3-5-13)10-20-16-14-15(21-11-22-16)17(24-18(19)23-14)25-6-8-28(26)9-7-25/h2-5,11H,6-10H2,1H3,(H,20,21,22). The lowest BCUT2D eigenvalue weighted by molar-refractivity contribution is 0.414. The number of rotatable bonds is 5. The molecule has 0 radical (unpaired) electrons. The van der Waals surface area contributed by atoms with Gasteiger partial charge >= 0.3 is 0 Å². The molecule has 3 aromatic rings. The van der Waals surface area contributed by atoms with Crippen LogP contribution in [0.5, 0.6) is 5.75 Å². The summed E-state index contributed by atoms with van der Waals surface area (Å²) in [6.45, 7) is 1.86. The Bertz CT molecular complexity index is 1010. The summed E-state index contributed by atoms with van der Waals surface area (Å²) in [6, 6.07) is 7.78. The minimum absolute atomic E-state index is 0.136. The molecule has 0 amide bonds. The molecule has 3 heterocycles. The summed E-state index contributed by atoms with van der Waals surface area (Å²) in [5.74, 6) is 3.27. The number of hydrogen-bond donors (Lipinski definition) is 1. The van der Waals surface area contributed by atoms with Gasteiger partial charge in [-0.2, -0.15) is 4.98 Å². The van der Waals surface area contributed by atoms with Crippen molar-refractivity contribution in [2.75, 3.05) is 41.9 Å². The van der Waals surface area contributed by atoms with E-state index in [0.717, 1.165) is 11.3 Å². The molecule has 1 N–H and O–H groups in total. The summed E-state index contributed by atoms with van der Waals surface area (Å²) in [4.78, 5) is 19.5. The quantitative estimate of drug-likeness (QED) is 0.630. The van der Waals surface area contributed by atoms with E-state index in [-0.39, 0.29) is 5.28 Å². The summed E-state index contributed by atoms with van der Waals surface area (Å²) in [5.41, 5.74) is 2.27. The van der Waals surface area contributed by atoms with Crippen molar-refractivity contribution in [1.82, 2.24) is 19.9 Å². The number of aromatic nitrogens is 4. The first-order valence-electron chi connectivity index (χ1n) is 8.79. The van der Waals surface area contributed by atoms with Crippen LogP contribution in [-0.2, 0) is 17.3 Å². The maximum atomic E-state index is 11.7. The number of benzene rings is 1. The fraction of sp³-hybridized carbons (Fsp3) is 0.333. The highest BCUT2D eigenvalue weighted by Gasteiger charge is 2.21.